The number of halogens is 1. The lowest BCUT2D eigenvalue weighted by Gasteiger charge is -2.26. The van der Waals surface area contributed by atoms with Crippen LogP contribution in [0.1, 0.15) is 25.0 Å². The topological polar surface area (TPSA) is 78.9 Å². The summed E-state index contributed by atoms with van der Waals surface area (Å²) in [6, 6.07) is 6.73. The van der Waals surface area contributed by atoms with Crippen LogP contribution in [0.5, 0.6) is 0 Å². The van der Waals surface area contributed by atoms with E-state index in [2.05, 4.69) is 5.32 Å². The Morgan fingerprint density at radius 3 is 2.57 bits per heavy atom. The number of hydrogen-bond donors (Lipinski definition) is 2. The van der Waals surface area contributed by atoms with Crippen LogP contribution >= 0.6 is 11.6 Å². The van der Waals surface area contributed by atoms with Gasteiger partial charge in [0.15, 0.2) is 0 Å². The zero-order chi connectivity index (χ0) is 17.0. The van der Waals surface area contributed by atoms with Gasteiger partial charge in [-0.3, -0.25) is 4.79 Å². The first-order valence-corrected chi connectivity index (χ1v) is 7.86. The highest BCUT2D eigenvalue weighted by atomic mass is 35.5. The molecular formula is C16H21ClN2O4. The third-order valence-electron chi connectivity index (χ3n) is 4.08. The molecule has 1 aromatic rings. The molecule has 2 N–H and O–H groups in total. The molecule has 7 heteroatoms. The summed E-state index contributed by atoms with van der Waals surface area (Å²) in [6.07, 6.45) is 0.177. The number of carbonyl (C=O) groups excluding carboxylic acids is 1. The molecule has 1 aromatic carbocycles. The van der Waals surface area contributed by atoms with Crippen LogP contribution in [0, 0.1) is 5.92 Å². The number of carboxylic acid groups (broad SMARTS) is 1. The molecule has 2 amide bonds. The van der Waals surface area contributed by atoms with Gasteiger partial charge in [-0.15, -0.1) is 0 Å². The van der Waals surface area contributed by atoms with Gasteiger partial charge in [0, 0.05) is 25.2 Å². The van der Waals surface area contributed by atoms with E-state index < -0.39 is 11.9 Å². The molecule has 1 aliphatic heterocycles. The number of aliphatic carboxylic acids is 1. The summed E-state index contributed by atoms with van der Waals surface area (Å²) in [4.78, 5) is 24.8. The van der Waals surface area contributed by atoms with Crippen molar-refractivity contribution in [2.45, 2.75) is 25.5 Å². The van der Waals surface area contributed by atoms with Crippen LogP contribution in [-0.4, -0.2) is 48.2 Å². The number of nitrogens with one attached hydrogen (secondary N) is 1. The van der Waals surface area contributed by atoms with Gasteiger partial charge in [0.05, 0.1) is 12.0 Å². The number of rotatable bonds is 5. The first-order chi connectivity index (χ1) is 10.9. The summed E-state index contributed by atoms with van der Waals surface area (Å²) in [7, 11) is 1.58. The molecule has 0 bridgehead atoms. The second-order valence-corrected chi connectivity index (χ2v) is 6.15. The molecule has 1 heterocycles. The Morgan fingerprint density at radius 1 is 1.39 bits per heavy atom. The van der Waals surface area contributed by atoms with Gasteiger partial charge in [0.25, 0.3) is 0 Å². The van der Waals surface area contributed by atoms with E-state index in [1.165, 1.54) is 4.90 Å². The normalized spacial score (nSPS) is 20.1. The highest BCUT2D eigenvalue weighted by Crippen LogP contribution is 2.23. The monoisotopic (exact) mass is 340 g/mol. The number of likely N-dealkylation sites (tertiary alicyclic amines) is 1. The van der Waals surface area contributed by atoms with E-state index in [9.17, 15) is 9.59 Å². The smallest absolute Gasteiger partial charge is 0.317 e. The number of urea groups is 1. The van der Waals surface area contributed by atoms with Gasteiger partial charge in [0.2, 0.25) is 0 Å². The van der Waals surface area contributed by atoms with Crippen molar-refractivity contribution < 1.29 is 19.4 Å². The molecule has 1 fully saturated rings. The fourth-order valence-electron chi connectivity index (χ4n) is 2.79. The maximum Gasteiger partial charge on any atom is 0.317 e. The number of hydrogen-bond acceptors (Lipinski definition) is 3. The lowest BCUT2D eigenvalue weighted by atomic mass is 10.0. The van der Waals surface area contributed by atoms with E-state index in [0.29, 0.717) is 18.0 Å². The van der Waals surface area contributed by atoms with E-state index in [1.807, 2.05) is 19.1 Å². The minimum atomic E-state index is -0.857. The summed E-state index contributed by atoms with van der Waals surface area (Å²) in [5, 5.41) is 12.5. The quantitative estimate of drug-likeness (QED) is 0.863. The number of carboxylic acids is 1. The Hall–Kier alpha value is -1.79. The lowest BCUT2D eigenvalue weighted by Crippen LogP contribution is -2.45. The molecule has 0 aliphatic carbocycles. The predicted molar refractivity (Wildman–Crippen MR) is 86.5 cm³/mol. The standard InChI is InChI=1S/C16H21ClN2O4/c1-10(14(23-2)11-3-5-13(17)6-4-11)18-16(22)19-8-7-12(9-19)15(20)21/h3-6,10,12,14H,7-9H2,1-2H3,(H,18,22)(H,20,21). The highest BCUT2D eigenvalue weighted by molar-refractivity contribution is 6.30. The molecule has 3 unspecified atom stereocenters. The van der Waals surface area contributed by atoms with Gasteiger partial charge in [0.1, 0.15) is 6.10 Å². The van der Waals surface area contributed by atoms with E-state index in [0.717, 1.165) is 5.56 Å². The molecule has 0 aromatic heterocycles. The average Bonchev–Trinajstić information content (AvgIpc) is 3.00. The summed E-state index contributed by atoms with van der Waals surface area (Å²) in [5.74, 6) is -1.34. The Kier molecular flexibility index (Phi) is 5.85. The maximum absolute atomic E-state index is 12.3. The average molecular weight is 341 g/mol. The molecule has 1 saturated heterocycles. The molecule has 0 spiro atoms. The number of ether oxygens (including phenoxy) is 1. The molecular weight excluding hydrogens is 320 g/mol. The van der Waals surface area contributed by atoms with Crippen LogP contribution in [0.25, 0.3) is 0 Å². The minimum Gasteiger partial charge on any atom is -0.481 e. The van der Waals surface area contributed by atoms with Crippen molar-refractivity contribution in [3.05, 3.63) is 34.9 Å². The molecule has 1 aliphatic rings. The van der Waals surface area contributed by atoms with Gasteiger partial charge < -0.3 is 20.1 Å². The van der Waals surface area contributed by atoms with Crippen LogP contribution in [0.15, 0.2) is 24.3 Å². The summed E-state index contributed by atoms with van der Waals surface area (Å²) >= 11 is 5.88. The fourth-order valence-corrected chi connectivity index (χ4v) is 2.92. The number of carbonyl (C=O) groups is 2. The highest BCUT2D eigenvalue weighted by Gasteiger charge is 2.32. The van der Waals surface area contributed by atoms with E-state index >= 15 is 0 Å². The molecule has 0 radical (unpaired) electrons. The number of amides is 2. The third-order valence-corrected chi connectivity index (χ3v) is 4.33. The molecule has 126 valence electrons. The van der Waals surface area contributed by atoms with E-state index in [4.69, 9.17) is 21.4 Å². The molecule has 23 heavy (non-hydrogen) atoms. The summed E-state index contributed by atoms with van der Waals surface area (Å²) in [5.41, 5.74) is 0.912. The van der Waals surface area contributed by atoms with Crippen molar-refractivity contribution >= 4 is 23.6 Å². The van der Waals surface area contributed by atoms with Crippen molar-refractivity contribution in [3.63, 3.8) is 0 Å². The van der Waals surface area contributed by atoms with E-state index in [-0.39, 0.29) is 24.7 Å². The van der Waals surface area contributed by atoms with Crippen LogP contribution in [0.3, 0.4) is 0 Å². The SMILES string of the molecule is COC(c1ccc(Cl)cc1)C(C)NC(=O)N1CCC(C(=O)O)C1. The molecule has 2 rings (SSSR count). The van der Waals surface area contributed by atoms with Gasteiger partial charge in [-0.25, -0.2) is 4.79 Å². The largest absolute Gasteiger partial charge is 0.481 e. The molecule has 0 saturated carbocycles. The van der Waals surface area contributed by atoms with E-state index in [1.54, 1.807) is 19.2 Å². The molecule has 6 nitrogen and oxygen atoms in total. The van der Waals surface area contributed by atoms with Crippen LogP contribution < -0.4 is 5.32 Å². The maximum atomic E-state index is 12.3. The number of methoxy groups -OCH3 is 1. The first kappa shape index (κ1) is 17.6. The zero-order valence-corrected chi connectivity index (χ0v) is 13.9. The van der Waals surface area contributed by atoms with Crippen molar-refractivity contribution in [2.75, 3.05) is 20.2 Å². The van der Waals surface area contributed by atoms with Gasteiger partial charge in [-0.2, -0.15) is 0 Å². The van der Waals surface area contributed by atoms with Gasteiger partial charge in [-0.05, 0) is 31.0 Å². The summed E-state index contributed by atoms with van der Waals surface area (Å²) < 4.78 is 5.49. The second kappa shape index (κ2) is 7.66. The van der Waals surface area contributed by atoms with Crippen molar-refractivity contribution in [1.29, 1.82) is 0 Å². The Balaban J connectivity index is 1.96. The fraction of sp³-hybridized carbons (Fsp3) is 0.500. The first-order valence-electron chi connectivity index (χ1n) is 7.49. The summed E-state index contributed by atoms with van der Waals surface area (Å²) in [6.45, 7) is 2.55. The van der Waals surface area contributed by atoms with Crippen LogP contribution in [0.2, 0.25) is 5.02 Å². The number of nitrogens with zero attached hydrogens (tertiary/aromatic N) is 1. The van der Waals surface area contributed by atoms with Gasteiger partial charge in [-0.1, -0.05) is 23.7 Å². The van der Waals surface area contributed by atoms with Crippen LogP contribution in [0.4, 0.5) is 4.79 Å². The Bertz CT molecular complexity index is 564. The molecule has 3 atom stereocenters. The van der Waals surface area contributed by atoms with Crippen molar-refractivity contribution in [1.82, 2.24) is 10.2 Å². The number of benzene rings is 1. The minimum absolute atomic E-state index is 0.243. The van der Waals surface area contributed by atoms with Crippen molar-refractivity contribution in [2.24, 2.45) is 5.92 Å². The Morgan fingerprint density at radius 2 is 2.04 bits per heavy atom. The van der Waals surface area contributed by atoms with Gasteiger partial charge >= 0.3 is 12.0 Å². The Labute approximate surface area is 140 Å². The third kappa shape index (κ3) is 4.36. The zero-order valence-electron chi connectivity index (χ0n) is 13.2. The second-order valence-electron chi connectivity index (χ2n) is 5.72. The van der Waals surface area contributed by atoms with Crippen molar-refractivity contribution in [3.8, 4) is 0 Å². The lowest BCUT2D eigenvalue weighted by molar-refractivity contribution is -0.141. The van der Waals surface area contributed by atoms with Crippen LogP contribution in [-0.2, 0) is 9.53 Å². The predicted octanol–water partition coefficient (Wildman–Crippen LogP) is 2.53.